The van der Waals surface area contributed by atoms with E-state index in [1.54, 1.807) is 0 Å². The van der Waals surface area contributed by atoms with Crippen molar-refractivity contribution in [2.45, 2.75) is 11.7 Å². The van der Waals surface area contributed by atoms with E-state index in [-0.39, 0.29) is 17.6 Å². The van der Waals surface area contributed by atoms with Crippen molar-refractivity contribution in [2.75, 3.05) is 11.1 Å². The lowest BCUT2D eigenvalue weighted by atomic mass is 10.0. The molecule has 0 saturated heterocycles. The van der Waals surface area contributed by atoms with Crippen LogP contribution in [-0.4, -0.2) is 32.3 Å². The van der Waals surface area contributed by atoms with Gasteiger partial charge in [0.1, 0.15) is 0 Å². The number of anilines is 1. The lowest BCUT2D eigenvalue weighted by molar-refractivity contribution is -0.118. The fourth-order valence-electron chi connectivity index (χ4n) is 3.99. The molecular formula is C29H25N5O2S. The zero-order chi connectivity index (χ0) is 25.6. The highest BCUT2D eigenvalue weighted by molar-refractivity contribution is 7.99. The third-order valence-corrected chi connectivity index (χ3v) is 6.96. The normalized spacial score (nSPS) is 10.8. The summed E-state index contributed by atoms with van der Waals surface area (Å²) in [5, 5.41) is 17.0. The molecule has 4 aromatic carbocycles. The summed E-state index contributed by atoms with van der Waals surface area (Å²) >= 11 is 1.34. The fraction of sp³-hybridized carbons (Fsp3) is 0.103. The summed E-state index contributed by atoms with van der Waals surface area (Å²) in [5.74, 6) is 0.703. The first-order chi connectivity index (χ1) is 18.1. The highest BCUT2D eigenvalue weighted by Crippen LogP contribution is 2.25. The van der Waals surface area contributed by atoms with E-state index in [4.69, 9.17) is 0 Å². The average Bonchev–Trinajstić information content (AvgIpc) is 3.31. The fourth-order valence-corrected chi connectivity index (χ4v) is 4.74. The van der Waals surface area contributed by atoms with Crippen LogP contribution in [0.4, 0.5) is 5.69 Å². The molecule has 0 saturated carbocycles. The molecule has 8 heteroatoms. The Balaban J connectivity index is 1.20. The van der Waals surface area contributed by atoms with E-state index in [0.717, 1.165) is 21.9 Å². The van der Waals surface area contributed by atoms with Crippen LogP contribution in [0.1, 0.15) is 15.9 Å². The number of hydrogen-bond donors (Lipinski definition) is 2. The van der Waals surface area contributed by atoms with Crippen molar-refractivity contribution in [3.8, 4) is 11.4 Å². The van der Waals surface area contributed by atoms with Gasteiger partial charge in [-0.25, -0.2) is 0 Å². The molecule has 0 atom stereocenters. The molecular weight excluding hydrogens is 482 g/mol. The number of fused-ring (bicyclic) bond motifs is 1. The molecule has 7 nitrogen and oxygen atoms in total. The van der Waals surface area contributed by atoms with Gasteiger partial charge in [-0.2, -0.15) is 0 Å². The van der Waals surface area contributed by atoms with Crippen LogP contribution >= 0.6 is 11.8 Å². The van der Waals surface area contributed by atoms with E-state index >= 15 is 0 Å². The van der Waals surface area contributed by atoms with Gasteiger partial charge < -0.3 is 15.2 Å². The van der Waals surface area contributed by atoms with Crippen molar-refractivity contribution >= 4 is 40.0 Å². The molecule has 0 fully saturated rings. The second kappa shape index (κ2) is 11.1. The van der Waals surface area contributed by atoms with E-state index in [1.165, 1.54) is 11.8 Å². The maximum Gasteiger partial charge on any atom is 0.256 e. The minimum absolute atomic E-state index is 0.0651. The van der Waals surface area contributed by atoms with Gasteiger partial charge in [-0.15, -0.1) is 10.2 Å². The molecule has 1 aromatic heterocycles. The van der Waals surface area contributed by atoms with E-state index in [2.05, 4.69) is 20.8 Å². The van der Waals surface area contributed by atoms with E-state index < -0.39 is 0 Å². The van der Waals surface area contributed by atoms with Crippen molar-refractivity contribution in [3.63, 3.8) is 0 Å². The minimum atomic E-state index is -0.160. The predicted octanol–water partition coefficient (Wildman–Crippen LogP) is 5.30. The Labute approximate surface area is 218 Å². The molecule has 5 aromatic rings. The van der Waals surface area contributed by atoms with Crippen LogP contribution in [0.5, 0.6) is 0 Å². The SMILES string of the molecule is Cn1c(SCC(=O)NCc2ccccc2)nnc1-c1ccc(NC(=O)c2cccc3ccccc23)cc1. The molecule has 0 radical (unpaired) electrons. The van der Waals surface area contributed by atoms with Gasteiger partial charge in [-0.1, -0.05) is 78.5 Å². The first-order valence-electron chi connectivity index (χ1n) is 11.8. The maximum atomic E-state index is 12.9. The number of carbonyl (C=O) groups excluding carboxylic acids is 2. The van der Waals surface area contributed by atoms with Gasteiger partial charge in [0.15, 0.2) is 11.0 Å². The second-order valence-electron chi connectivity index (χ2n) is 8.47. The van der Waals surface area contributed by atoms with Crippen molar-refractivity contribution in [2.24, 2.45) is 7.05 Å². The first-order valence-corrected chi connectivity index (χ1v) is 12.8. The summed E-state index contributed by atoms with van der Waals surface area (Å²) in [7, 11) is 1.87. The lowest BCUT2D eigenvalue weighted by Gasteiger charge is -2.09. The molecule has 0 unspecified atom stereocenters. The van der Waals surface area contributed by atoms with Gasteiger partial charge in [0.25, 0.3) is 5.91 Å². The summed E-state index contributed by atoms with van der Waals surface area (Å²) in [6.07, 6.45) is 0. The number of thioether (sulfide) groups is 1. The number of carbonyl (C=O) groups is 2. The number of nitrogens with zero attached hydrogens (tertiary/aromatic N) is 3. The molecule has 0 spiro atoms. The highest BCUT2D eigenvalue weighted by atomic mass is 32.2. The van der Waals surface area contributed by atoms with Crippen molar-refractivity contribution in [1.82, 2.24) is 20.1 Å². The zero-order valence-corrected chi connectivity index (χ0v) is 21.0. The number of nitrogens with one attached hydrogen (secondary N) is 2. The topological polar surface area (TPSA) is 88.9 Å². The summed E-state index contributed by atoms with van der Waals surface area (Å²) in [4.78, 5) is 25.2. The largest absolute Gasteiger partial charge is 0.351 e. The van der Waals surface area contributed by atoms with E-state index in [1.807, 2.05) is 109 Å². The Morgan fingerprint density at radius 2 is 1.57 bits per heavy atom. The van der Waals surface area contributed by atoms with Crippen molar-refractivity contribution < 1.29 is 9.59 Å². The minimum Gasteiger partial charge on any atom is -0.351 e. The third kappa shape index (κ3) is 5.70. The summed E-state index contributed by atoms with van der Waals surface area (Å²) in [6, 6.07) is 30.8. The van der Waals surface area contributed by atoms with Crippen molar-refractivity contribution in [3.05, 3.63) is 108 Å². The third-order valence-electron chi connectivity index (χ3n) is 5.94. The molecule has 5 rings (SSSR count). The lowest BCUT2D eigenvalue weighted by Crippen LogP contribution is -2.24. The molecule has 0 aliphatic carbocycles. The Kier molecular flexibility index (Phi) is 7.28. The van der Waals surface area contributed by atoms with Gasteiger partial charge in [0, 0.05) is 30.4 Å². The van der Waals surface area contributed by atoms with Crippen LogP contribution in [0.2, 0.25) is 0 Å². The second-order valence-corrected chi connectivity index (χ2v) is 9.42. The van der Waals surface area contributed by atoms with Crippen LogP contribution in [0.3, 0.4) is 0 Å². The number of rotatable bonds is 8. The van der Waals surface area contributed by atoms with Gasteiger partial charge in [0.05, 0.1) is 5.75 Å². The number of benzene rings is 4. The molecule has 0 aliphatic heterocycles. The summed E-state index contributed by atoms with van der Waals surface area (Å²) < 4.78 is 1.86. The Morgan fingerprint density at radius 3 is 2.38 bits per heavy atom. The van der Waals surface area contributed by atoms with Crippen LogP contribution in [0, 0.1) is 0 Å². The molecule has 2 N–H and O–H groups in total. The van der Waals surface area contributed by atoms with Gasteiger partial charge in [0.2, 0.25) is 5.91 Å². The van der Waals surface area contributed by atoms with E-state index in [9.17, 15) is 9.59 Å². The molecule has 2 amide bonds. The number of hydrogen-bond acceptors (Lipinski definition) is 5. The number of aromatic nitrogens is 3. The Bertz CT molecular complexity index is 1540. The van der Waals surface area contributed by atoms with Crippen molar-refractivity contribution in [1.29, 1.82) is 0 Å². The summed E-state index contributed by atoms with van der Waals surface area (Å²) in [5.41, 5.74) is 3.23. The van der Waals surface area contributed by atoms with Gasteiger partial charge >= 0.3 is 0 Å². The first kappa shape index (κ1) is 24.3. The van der Waals surface area contributed by atoms with Crippen LogP contribution in [0.25, 0.3) is 22.2 Å². The molecule has 184 valence electrons. The quantitative estimate of drug-likeness (QED) is 0.278. The van der Waals surface area contributed by atoms with E-state index in [0.29, 0.717) is 28.8 Å². The molecule has 0 bridgehead atoms. The standard InChI is InChI=1S/C29H25N5O2S/c1-34-27(32-33-29(34)37-19-26(35)30-18-20-8-3-2-4-9-20)22-14-16-23(17-15-22)31-28(36)25-13-7-11-21-10-5-6-12-24(21)25/h2-17H,18-19H2,1H3,(H,30,35)(H,31,36). The molecule has 37 heavy (non-hydrogen) atoms. The van der Waals surface area contributed by atoms with Crippen LogP contribution in [0.15, 0.2) is 102 Å². The smallest absolute Gasteiger partial charge is 0.256 e. The molecule has 1 heterocycles. The van der Waals surface area contributed by atoms with Crippen LogP contribution < -0.4 is 10.6 Å². The maximum absolute atomic E-state index is 12.9. The summed E-state index contributed by atoms with van der Waals surface area (Å²) in [6.45, 7) is 0.494. The highest BCUT2D eigenvalue weighted by Gasteiger charge is 2.14. The van der Waals surface area contributed by atoms with Crippen LogP contribution in [-0.2, 0) is 18.4 Å². The Hall–Kier alpha value is -4.43. The van der Waals surface area contributed by atoms with Gasteiger partial charge in [-0.3, -0.25) is 9.59 Å². The monoisotopic (exact) mass is 507 g/mol. The average molecular weight is 508 g/mol. The zero-order valence-electron chi connectivity index (χ0n) is 20.2. The molecule has 0 aliphatic rings. The Morgan fingerprint density at radius 1 is 0.838 bits per heavy atom. The predicted molar refractivity (Wildman–Crippen MR) is 147 cm³/mol. The van der Waals surface area contributed by atoms with Gasteiger partial charge in [-0.05, 0) is 46.7 Å². The number of amides is 2.